The van der Waals surface area contributed by atoms with Gasteiger partial charge in [-0.05, 0) is 50.3 Å². The number of rotatable bonds is 5. The Morgan fingerprint density at radius 2 is 2.12 bits per heavy atom. The number of nitrogens with zero attached hydrogens (tertiary/aromatic N) is 3. The average molecular weight is 329 g/mol. The molecule has 132 valence electrons. The molecule has 4 rings (SSSR count). The van der Waals surface area contributed by atoms with Gasteiger partial charge < -0.3 is 9.64 Å². The Bertz CT molecular complexity index is 513. The highest BCUT2D eigenvalue weighted by Crippen LogP contribution is 2.39. The van der Waals surface area contributed by atoms with Gasteiger partial charge in [0.25, 0.3) is 0 Å². The molecule has 0 unspecified atom stereocenters. The quantitative estimate of drug-likeness (QED) is 0.830. The van der Waals surface area contributed by atoms with Crippen LogP contribution in [0.4, 0.5) is 0 Å². The number of hydrogen-bond donors (Lipinski definition) is 0. The number of ether oxygens (including phenoxy) is 1. The second kappa shape index (κ2) is 7.11. The third kappa shape index (κ3) is 3.66. The summed E-state index contributed by atoms with van der Waals surface area (Å²) >= 11 is 0. The summed E-state index contributed by atoms with van der Waals surface area (Å²) in [5, 5.41) is 0. The summed E-state index contributed by atoms with van der Waals surface area (Å²) in [5.74, 6) is 0.679. The largest absolute Gasteiger partial charge is 0.372 e. The summed E-state index contributed by atoms with van der Waals surface area (Å²) in [5.41, 5.74) is 1.50. The van der Waals surface area contributed by atoms with Crippen molar-refractivity contribution in [3.63, 3.8) is 0 Å². The number of aromatic nitrogens is 1. The maximum absolute atomic E-state index is 6.37. The second-order valence-corrected chi connectivity index (χ2v) is 8.30. The van der Waals surface area contributed by atoms with Gasteiger partial charge in [0, 0.05) is 44.6 Å². The van der Waals surface area contributed by atoms with Gasteiger partial charge in [-0.3, -0.25) is 9.88 Å². The third-order valence-electron chi connectivity index (χ3n) is 6.20. The molecule has 4 heteroatoms. The summed E-state index contributed by atoms with van der Waals surface area (Å²) in [6, 6.07) is 5.04. The van der Waals surface area contributed by atoms with Crippen LogP contribution in [0.3, 0.4) is 0 Å². The zero-order valence-corrected chi connectivity index (χ0v) is 15.0. The van der Waals surface area contributed by atoms with E-state index in [1.807, 2.05) is 18.5 Å². The van der Waals surface area contributed by atoms with Gasteiger partial charge in [0.15, 0.2) is 0 Å². The molecule has 0 aromatic carbocycles. The molecule has 3 fully saturated rings. The molecule has 1 aliphatic carbocycles. The van der Waals surface area contributed by atoms with E-state index in [1.54, 1.807) is 0 Å². The molecule has 1 spiro atoms. The van der Waals surface area contributed by atoms with Crippen LogP contribution in [0.5, 0.6) is 0 Å². The SMILES string of the molecule is CN(Cc1cccnc1)C[C@H]1CCC2(CN(C3CCCC3)C2)OC1. The van der Waals surface area contributed by atoms with Crippen molar-refractivity contribution in [1.82, 2.24) is 14.8 Å². The molecule has 0 radical (unpaired) electrons. The van der Waals surface area contributed by atoms with E-state index in [0.717, 1.165) is 25.7 Å². The smallest absolute Gasteiger partial charge is 0.0935 e. The van der Waals surface area contributed by atoms with Crippen molar-refractivity contribution < 1.29 is 4.74 Å². The van der Waals surface area contributed by atoms with Crippen LogP contribution < -0.4 is 0 Å². The topological polar surface area (TPSA) is 28.6 Å². The van der Waals surface area contributed by atoms with E-state index in [4.69, 9.17) is 4.74 Å². The molecule has 1 aromatic rings. The van der Waals surface area contributed by atoms with Gasteiger partial charge in [-0.2, -0.15) is 0 Å². The highest BCUT2D eigenvalue weighted by Gasteiger charge is 2.48. The Hall–Kier alpha value is -0.970. The van der Waals surface area contributed by atoms with Crippen LogP contribution >= 0.6 is 0 Å². The molecule has 1 aromatic heterocycles. The van der Waals surface area contributed by atoms with Crippen LogP contribution in [0.2, 0.25) is 0 Å². The molecule has 2 saturated heterocycles. The molecular weight excluding hydrogens is 298 g/mol. The maximum Gasteiger partial charge on any atom is 0.0935 e. The lowest BCUT2D eigenvalue weighted by Crippen LogP contribution is -2.67. The molecule has 3 heterocycles. The number of hydrogen-bond acceptors (Lipinski definition) is 4. The normalized spacial score (nSPS) is 27.7. The second-order valence-electron chi connectivity index (χ2n) is 8.30. The van der Waals surface area contributed by atoms with Crippen LogP contribution in [0, 0.1) is 5.92 Å². The molecule has 24 heavy (non-hydrogen) atoms. The average Bonchev–Trinajstić information content (AvgIpc) is 3.08. The number of likely N-dealkylation sites (tertiary alicyclic amines) is 1. The van der Waals surface area contributed by atoms with Gasteiger partial charge in [0.1, 0.15) is 0 Å². The van der Waals surface area contributed by atoms with Gasteiger partial charge in [-0.15, -0.1) is 0 Å². The van der Waals surface area contributed by atoms with Crippen LogP contribution in [0.1, 0.15) is 44.1 Å². The lowest BCUT2D eigenvalue weighted by Gasteiger charge is -2.55. The molecule has 1 atom stereocenters. The predicted octanol–water partition coefficient (Wildman–Crippen LogP) is 2.94. The van der Waals surface area contributed by atoms with Gasteiger partial charge in [-0.1, -0.05) is 18.9 Å². The van der Waals surface area contributed by atoms with E-state index in [9.17, 15) is 0 Å². The summed E-state index contributed by atoms with van der Waals surface area (Å²) in [6.45, 7) is 5.42. The van der Waals surface area contributed by atoms with E-state index in [2.05, 4.69) is 27.9 Å². The van der Waals surface area contributed by atoms with Crippen LogP contribution in [0.25, 0.3) is 0 Å². The summed E-state index contributed by atoms with van der Waals surface area (Å²) < 4.78 is 6.37. The number of pyridine rings is 1. The Morgan fingerprint density at radius 3 is 2.79 bits per heavy atom. The zero-order chi connectivity index (χ0) is 16.4. The first-order chi connectivity index (χ1) is 11.7. The monoisotopic (exact) mass is 329 g/mol. The fraction of sp³-hybridized carbons (Fsp3) is 0.750. The molecule has 0 N–H and O–H groups in total. The lowest BCUT2D eigenvalue weighted by molar-refractivity contribution is -0.190. The van der Waals surface area contributed by atoms with Crippen LogP contribution in [0.15, 0.2) is 24.5 Å². The Labute approximate surface area is 146 Å². The first-order valence-corrected chi connectivity index (χ1v) is 9.68. The highest BCUT2D eigenvalue weighted by molar-refractivity contribution is 5.08. The zero-order valence-electron chi connectivity index (χ0n) is 15.0. The molecular formula is C20H31N3O. The molecule has 2 aliphatic heterocycles. The van der Waals surface area contributed by atoms with Crippen molar-refractivity contribution in [2.24, 2.45) is 5.92 Å². The van der Waals surface area contributed by atoms with Gasteiger partial charge in [-0.25, -0.2) is 0 Å². The maximum atomic E-state index is 6.37. The highest BCUT2D eigenvalue weighted by atomic mass is 16.5. The molecule has 0 amide bonds. The van der Waals surface area contributed by atoms with Crippen molar-refractivity contribution in [3.05, 3.63) is 30.1 Å². The summed E-state index contributed by atoms with van der Waals surface area (Å²) in [6.07, 6.45) is 12.1. The Kier molecular flexibility index (Phi) is 4.88. The molecule has 4 nitrogen and oxygen atoms in total. The minimum Gasteiger partial charge on any atom is -0.372 e. The fourth-order valence-electron chi connectivity index (χ4n) is 4.84. The van der Waals surface area contributed by atoms with Crippen molar-refractivity contribution in [3.8, 4) is 0 Å². The lowest BCUT2D eigenvalue weighted by atomic mass is 9.81. The minimum atomic E-state index is 0.209. The first kappa shape index (κ1) is 16.5. The molecule has 1 saturated carbocycles. The van der Waals surface area contributed by atoms with Crippen LogP contribution in [-0.4, -0.2) is 59.7 Å². The minimum absolute atomic E-state index is 0.209. The first-order valence-electron chi connectivity index (χ1n) is 9.68. The van der Waals surface area contributed by atoms with Crippen LogP contribution in [-0.2, 0) is 11.3 Å². The van der Waals surface area contributed by atoms with E-state index >= 15 is 0 Å². The van der Waals surface area contributed by atoms with Gasteiger partial charge in [0.2, 0.25) is 0 Å². The van der Waals surface area contributed by atoms with Gasteiger partial charge in [0.05, 0.1) is 12.2 Å². The van der Waals surface area contributed by atoms with E-state index in [1.165, 1.54) is 57.2 Å². The van der Waals surface area contributed by atoms with Gasteiger partial charge >= 0.3 is 0 Å². The van der Waals surface area contributed by atoms with E-state index < -0.39 is 0 Å². The van der Waals surface area contributed by atoms with Crippen molar-refractivity contribution in [2.45, 2.75) is 56.7 Å². The van der Waals surface area contributed by atoms with E-state index in [0.29, 0.717) is 5.92 Å². The third-order valence-corrected chi connectivity index (χ3v) is 6.20. The fourth-order valence-corrected chi connectivity index (χ4v) is 4.84. The Balaban J connectivity index is 1.19. The summed E-state index contributed by atoms with van der Waals surface area (Å²) in [4.78, 5) is 9.30. The standard InChI is InChI=1S/C20H31N3O/c1-22(12-17-5-4-10-21-11-17)13-18-8-9-20(24-14-18)15-23(16-20)19-6-2-3-7-19/h4-5,10-11,18-19H,2-3,6-9,12-16H2,1H3/t18-/m1/s1. The molecule has 3 aliphatic rings. The Morgan fingerprint density at radius 1 is 1.29 bits per heavy atom. The molecule has 0 bridgehead atoms. The predicted molar refractivity (Wildman–Crippen MR) is 95.8 cm³/mol. The summed E-state index contributed by atoms with van der Waals surface area (Å²) in [7, 11) is 2.21. The van der Waals surface area contributed by atoms with E-state index in [-0.39, 0.29) is 5.60 Å². The van der Waals surface area contributed by atoms with Crippen molar-refractivity contribution >= 4 is 0 Å². The van der Waals surface area contributed by atoms with Crippen molar-refractivity contribution in [1.29, 1.82) is 0 Å². The van der Waals surface area contributed by atoms with Crippen molar-refractivity contribution in [2.75, 3.05) is 33.3 Å².